The molecule has 3 atom stereocenters. The van der Waals surface area contributed by atoms with Crippen molar-refractivity contribution in [3.05, 3.63) is 65.2 Å². The minimum absolute atomic E-state index is 0.170. The first-order valence-electron chi connectivity index (χ1n) is 10.4. The summed E-state index contributed by atoms with van der Waals surface area (Å²) in [7, 11) is 0. The van der Waals surface area contributed by atoms with Crippen molar-refractivity contribution in [2.24, 2.45) is 0 Å². The van der Waals surface area contributed by atoms with E-state index in [1.54, 1.807) is 11.0 Å². The number of benzene rings is 2. The molecule has 0 radical (unpaired) electrons. The number of aromatic nitrogens is 1. The van der Waals surface area contributed by atoms with Crippen molar-refractivity contribution < 1.29 is 19.8 Å². The van der Waals surface area contributed by atoms with Crippen LogP contribution in [0.2, 0.25) is 0 Å². The maximum absolute atomic E-state index is 13.0. The standard InChI is InChI=1S/C23H25N3O4S/c27-19(20(28)22-25-16-10-4-5-11-18(16)31-22)21(29)24-17(14-15-8-2-1-3-9-15)23(30)26-12-6-7-13-26/h1-5,8-11,17,19-20,27-28H,6-7,12-14H2,(H,24,29). The van der Waals surface area contributed by atoms with Crippen LogP contribution in [0.15, 0.2) is 54.6 Å². The highest BCUT2D eigenvalue weighted by Gasteiger charge is 2.33. The van der Waals surface area contributed by atoms with Crippen molar-refractivity contribution in [3.8, 4) is 0 Å². The van der Waals surface area contributed by atoms with E-state index in [0.29, 0.717) is 25.0 Å². The summed E-state index contributed by atoms with van der Waals surface area (Å²) in [5.41, 5.74) is 1.60. The largest absolute Gasteiger partial charge is 0.383 e. The average Bonchev–Trinajstić information content (AvgIpc) is 3.47. The Morgan fingerprint density at radius 2 is 1.71 bits per heavy atom. The molecule has 1 saturated heterocycles. The Morgan fingerprint density at radius 3 is 2.42 bits per heavy atom. The Kier molecular flexibility index (Phi) is 6.60. The van der Waals surface area contributed by atoms with Crippen LogP contribution in [0, 0.1) is 0 Å². The van der Waals surface area contributed by atoms with Crippen molar-refractivity contribution >= 4 is 33.4 Å². The quantitative estimate of drug-likeness (QED) is 0.523. The number of nitrogens with zero attached hydrogens (tertiary/aromatic N) is 2. The van der Waals surface area contributed by atoms with Gasteiger partial charge in [0.25, 0.3) is 5.91 Å². The summed E-state index contributed by atoms with van der Waals surface area (Å²) in [4.78, 5) is 31.9. The van der Waals surface area contributed by atoms with Gasteiger partial charge in [0.1, 0.15) is 17.2 Å². The summed E-state index contributed by atoms with van der Waals surface area (Å²) in [6, 6.07) is 16.0. The summed E-state index contributed by atoms with van der Waals surface area (Å²) in [6.45, 7) is 1.33. The molecule has 2 aromatic carbocycles. The molecule has 0 bridgehead atoms. The van der Waals surface area contributed by atoms with Gasteiger partial charge in [-0.1, -0.05) is 42.5 Å². The zero-order valence-corrected chi connectivity index (χ0v) is 17.8. The molecule has 0 saturated carbocycles. The minimum Gasteiger partial charge on any atom is -0.383 e. The number of hydrogen-bond donors (Lipinski definition) is 3. The van der Waals surface area contributed by atoms with E-state index in [-0.39, 0.29) is 10.9 Å². The van der Waals surface area contributed by atoms with E-state index in [1.165, 1.54) is 11.3 Å². The van der Waals surface area contributed by atoms with Gasteiger partial charge < -0.3 is 20.4 Å². The van der Waals surface area contributed by atoms with Gasteiger partial charge in [-0.2, -0.15) is 0 Å². The molecule has 3 unspecified atom stereocenters. The number of para-hydroxylation sites is 1. The van der Waals surface area contributed by atoms with Crippen LogP contribution in [0.5, 0.6) is 0 Å². The van der Waals surface area contributed by atoms with Gasteiger partial charge in [-0.05, 0) is 30.5 Å². The SMILES string of the molecule is O=C(NC(Cc1ccccc1)C(=O)N1CCCC1)C(O)C(O)c1nc2ccccc2s1. The van der Waals surface area contributed by atoms with Crippen molar-refractivity contribution in [1.82, 2.24) is 15.2 Å². The highest BCUT2D eigenvalue weighted by molar-refractivity contribution is 7.18. The number of amides is 2. The fourth-order valence-electron chi connectivity index (χ4n) is 3.76. The molecular formula is C23H25N3O4S. The molecule has 1 aliphatic heterocycles. The number of rotatable bonds is 7. The highest BCUT2D eigenvalue weighted by atomic mass is 32.1. The lowest BCUT2D eigenvalue weighted by Gasteiger charge is -2.26. The van der Waals surface area contributed by atoms with Crippen LogP contribution in [0.3, 0.4) is 0 Å². The number of likely N-dealkylation sites (tertiary alicyclic amines) is 1. The van der Waals surface area contributed by atoms with Crippen LogP contribution < -0.4 is 5.32 Å². The van der Waals surface area contributed by atoms with E-state index in [0.717, 1.165) is 23.1 Å². The second kappa shape index (κ2) is 9.55. The second-order valence-corrected chi connectivity index (χ2v) is 8.76. The lowest BCUT2D eigenvalue weighted by Crippen LogP contribution is -2.52. The van der Waals surface area contributed by atoms with E-state index in [9.17, 15) is 19.8 Å². The average molecular weight is 440 g/mol. The van der Waals surface area contributed by atoms with Crippen molar-refractivity contribution in [2.75, 3.05) is 13.1 Å². The molecule has 3 N–H and O–H groups in total. The molecule has 1 aromatic heterocycles. The number of carbonyl (C=O) groups is 2. The fourth-order valence-corrected chi connectivity index (χ4v) is 4.74. The number of aliphatic hydroxyl groups is 2. The molecule has 162 valence electrons. The second-order valence-electron chi connectivity index (χ2n) is 7.69. The third kappa shape index (κ3) is 4.92. The van der Waals surface area contributed by atoms with Crippen LogP contribution in [0.1, 0.15) is 29.5 Å². The fraction of sp³-hybridized carbons (Fsp3) is 0.348. The number of carbonyl (C=O) groups excluding carboxylic acids is 2. The molecule has 8 heteroatoms. The molecular weight excluding hydrogens is 414 g/mol. The van der Waals surface area contributed by atoms with Gasteiger partial charge in [0.2, 0.25) is 5.91 Å². The van der Waals surface area contributed by atoms with E-state index < -0.39 is 24.2 Å². The zero-order valence-electron chi connectivity index (χ0n) is 17.0. The molecule has 2 amide bonds. The number of aliphatic hydroxyl groups excluding tert-OH is 2. The van der Waals surface area contributed by atoms with Gasteiger partial charge >= 0.3 is 0 Å². The normalized spacial score (nSPS) is 16.8. The maximum atomic E-state index is 13.0. The van der Waals surface area contributed by atoms with Crippen molar-refractivity contribution in [2.45, 2.75) is 37.5 Å². The minimum atomic E-state index is -1.73. The summed E-state index contributed by atoms with van der Waals surface area (Å²) in [5.74, 6) is -0.961. The predicted octanol–water partition coefficient (Wildman–Crippen LogP) is 2.04. The van der Waals surface area contributed by atoms with Gasteiger partial charge in [-0.25, -0.2) is 4.98 Å². The number of nitrogens with one attached hydrogen (secondary N) is 1. The summed E-state index contributed by atoms with van der Waals surface area (Å²) in [5, 5.41) is 24.0. The first-order chi connectivity index (χ1) is 15.0. The number of thiazole rings is 1. The third-order valence-corrected chi connectivity index (χ3v) is 6.55. The van der Waals surface area contributed by atoms with Gasteiger partial charge in [-0.3, -0.25) is 9.59 Å². The molecule has 2 heterocycles. The molecule has 0 aliphatic carbocycles. The van der Waals surface area contributed by atoms with Gasteiger partial charge in [0.15, 0.2) is 6.10 Å². The summed E-state index contributed by atoms with van der Waals surface area (Å²) in [6.07, 6.45) is -1.01. The molecule has 3 aromatic rings. The molecule has 7 nitrogen and oxygen atoms in total. The van der Waals surface area contributed by atoms with E-state index in [4.69, 9.17) is 0 Å². The monoisotopic (exact) mass is 439 g/mol. The van der Waals surface area contributed by atoms with Crippen LogP contribution in [-0.2, 0) is 16.0 Å². The third-order valence-electron chi connectivity index (χ3n) is 5.45. The van der Waals surface area contributed by atoms with Crippen molar-refractivity contribution in [3.63, 3.8) is 0 Å². The Morgan fingerprint density at radius 1 is 1.03 bits per heavy atom. The maximum Gasteiger partial charge on any atom is 0.252 e. The van der Waals surface area contributed by atoms with Crippen molar-refractivity contribution in [1.29, 1.82) is 0 Å². The van der Waals surface area contributed by atoms with Gasteiger partial charge in [0.05, 0.1) is 10.2 Å². The molecule has 31 heavy (non-hydrogen) atoms. The molecule has 4 rings (SSSR count). The summed E-state index contributed by atoms with van der Waals surface area (Å²) >= 11 is 1.22. The lowest BCUT2D eigenvalue weighted by atomic mass is 10.0. The Labute approximate surface area is 184 Å². The molecule has 1 aliphatic rings. The van der Waals surface area contributed by atoms with Gasteiger partial charge in [0, 0.05) is 19.5 Å². The molecule has 0 spiro atoms. The van der Waals surface area contributed by atoms with Gasteiger partial charge in [-0.15, -0.1) is 11.3 Å². The van der Waals surface area contributed by atoms with E-state index >= 15 is 0 Å². The Balaban J connectivity index is 1.49. The van der Waals surface area contributed by atoms with Crippen LogP contribution in [0.25, 0.3) is 10.2 Å². The highest BCUT2D eigenvalue weighted by Crippen LogP contribution is 2.28. The topological polar surface area (TPSA) is 103 Å². The zero-order chi connectivity index (χ0) is 21.8. The number of hydrogen-bond acceptors (Lipinski definition) is 6. The Hall–Kier alpha value is -2.81. The lowest BCUT2D eigenvalue weighted by molar-refractivity contribution is -0.141. The first kappa shape index (κ1) is 21.4. The van der Waals surface area contributed by atoms with E-state index in [2.05, 4.69) is 10.3 Å². The van der Waals surface area contributed by atoms with Crippen LogP contribution in [0.4, 0.5) is 0 Å². The predicted molar refractivity (Wildman–Crippen MR) is 118 cm³/mol. The van der Waals surface area contributed by atoms with E-state index in [1.807, 2.05) is 48.5 Å². The number of fused-ring (bicyclic) bond motifs is 1. The molecule has 1 fully saturated rings. The van der Waals surface area contributed by atoms with Crippen LogP contribution in [-0.4, -0.2) is 57.1 Å². The Bertz CT molecular complexity index is 1020. The summed E-state index contributed by atoms with van der Waals surface area (Å²) < 4.78 is 0.857. The smallest absolute Gasteiger partial charge is 0.252 e. The first-order valence-corrected chi connectivity index (χ1v) is 11.2. The van der Waals surface area contributed by atoms with Crippen LogP contribution >= 0.6 is 11.3 Å².